The van der Waals surface area contributed by atoms with E-state index in [0.29, 0.717) is 0 Å². The van der Waals surface area contributed by atoms with Crippen molar-refractivity contribution in [1.82, 2.24) is 4.98 Å². The zero-order valence-corrected chi connectivity index (χ0v) is 9.16. The Morgan fingerprint density at radius 2 is 2.00 bits per heavy atom. The minimum absolute atomic E-state index is 0.00516. The molecule has 0 aromatic carbocycles. The van der Waals surface area contributed by atoms with Gasteiger partial charge < -0.3 is 4.90 Å². The largest absolute Gasteiger partial charge is 0.370 e. The van der Waals surface area contributed by atoms with E-state index >= 15 is 0 Å². The van der Waals surface area contributed by atoms with E-state index in [-0.39, 0.29) is 5.56 Å². The number of pyridine rings is 1. The van der Waals surface area contributed by atoms with Crippen molar-refractivity contribution in [1.29, 1.82) is 0 Å². The molecule has 3 rings (SSSR count). The van der Waals surface area contributed by atoms with Gasteiger partial charge in [0.2, 0.25) is 0 Å². The maximum Gasteiger partial charge on any atom is 0.272 e. The van der Waals surface area contributed by atoms with Gasteiger partial charge >= 0.3 is 0 Å². The number of piperidine rings is 1. The minimum Gasteiger partial charge on any atom is -0.370 e. The molecule has 0 N–H and O–H groups in total. The van der Waals surface area contributed by atoms with Crippen LogP contribution < -0.4 is 4.90 Å². The van der Waals surface area contributed by atoms with Crippen molar-refractivity contribution in [2.24, 2.45) is 11.8 Å². The van der Waals surface area contributed by atoms with Gasteiger partial charge in [0.05, 0.1) is 11.9 Å². The fourth-order valence-corrected chi connectivity index (χ4v) is 2.45. The second-order valence-corrected chi connectivity index (χ2v) is 4.98. The average Bonchev–Trinajstić information content (AvgIpc) is 2.85. The molecule has 0 spiro atoms. The van der Waals surface area contributed by atoms with Gasteiger partial charge in [-0.2, -0.15) is 0 Å². The standard InChI is InChI=1S/C12H14F2N2/c1-12(13,14)10-3-11(5-15-4-10)16-6-8-2-9(8)7-16/h3-5,8-9H,2,6-7H2,1H3/t8-,9+. The first-order valence-corrected chi connectivity index (χ1v) is 5.62. The monoisotopic (exact) mass is 224 g/mol. The number of hydrogen-bond donors (Lipinski definition) is 0. The van der Waals surface area contributed by atoms with Crippen molar-refractivity contribution in [3.8, 4) is 0 Å². The SMILES string of the molecule is CC(F)(F)c1cncc(N2C[C@H]3C[C@H]3C2)c1. The predicted octanol–water partition coefficient (Wildman–Crippen LogP) is 2.65. The molecule has 1 saturated heterocycles. The Morgan fingerprint density at radius 3 is 2.62 bits per heavy atom. The van der Waals surface area contributed by atoms with Gasteiger partial charge in [0, 0.05) is 31.8 Å². The van der Waals surface area contributed by atoms with Crippen molar-refractivity contribution in [2.45, 2.75) is 19.3 Å². The summed E-state index contributed by atoms with van der Waals surface area (Å²) in [6.07, 6.45) is 4.24. The Balaban J connectivity index is 1.85. The second-order valence-electron chi connectivity index (χ2n) is 4.98. The van der Waals surface area contributed by atoms with Crippen LogP contribution in [0.4, 0.5) is 14.5 Å². The zero-order valence-electron chi connectivity index (χ0n) is 9.16. The average molecular weight is 224 g/mol. The topological polar surface area (TPSA) is 16.1 Å². The molecule has 0 amide bonds. The lowest BCUT2D eigenvalue weighted by molar-refractivity contribution is 0.0171. The van der Waals surface area contributed by atoms with Crippen LogP contribution in [0.1, 0.15) is 18.9 Å². The summed E-state index contributed by atoms with van der Waals surface area (Å²) in [4.78, 5) is 6.08. The Labute approximate surface area is 93.3 Å². The third-order valence-electron chi connectivity index (χ3n) is 3.57. The van der Waals surface area contributed by atoms with E-state index in [1.807, 2.05) is 0 Å². The Morgan fingerprint density at radius 1 is 1.31 bits per heavy atom. The van der Waals surface area contributed by atoms with Crippen LogP contribution in [0.5, 0.6) is 0 Å². The molecule has 2 atom stereocenters. The summed E-state index contributed by atoms with van der Waals surface area (Å²) in [6, 6.07) is 1.57. The lowest BCUT2D eigenvalue weighted by Gasteiger charge is -2.21. The highest BCUT2D eigenvalue weighted by atomic mass is 19.3. The molecule has 2 aliphatic rings. The summed E-state index contributed by atoms with van der Waals surface area (Å²) >= 11 is 0. The highest BCUT2D eigenvalue weighted by molar-refractivity contribution is 5.49. The number of hydrogen-bond acceptors (Lipinski definition) is 2. The molecule has 0 unspecified atom stereocenters. The van der Waals surface area contributed by atoms with Crippen molar-refractivity contribution in [3.63, 3.8) is 0 Å². The number of alkyl halides is 2. The third-order valence-corrected chi connectivity index (χ3v) is 3.57. The van der Waals surface area contributed by atoms with Crippen LogP contribution in [-0.2, 0) is 5.92 Å². The quantitative estimate of drug-likeness (QED) is 0.767. The van der Waals surface area contributed by atoms with E-state index in [0.717, 1.165) is 37.5 Å². The van der Waals surface area contributed by atoms with Crippen LogP contribution in [0, 0.1) is 11.8 Å². The normalized spacial score (nSPS) is 28.1. The van der Waals surface area contributed by atoms with E-state index in [2.05, 4.69) is 9.88 Å². The molecule has 86 valence electrons. The second kappa shape index (κ2) is 3.15. The van der Waals surface area contributed by atoms with Gasteiger partial charge in [-0.25, -0.2) is 8.78 Å². The summed E-state index contributed by atoms with van der Waals surface area (Å²) in [5.74, 6) is -1.21. The van der Waals surface area contributed by atoms with Gasteiger partial charge in [0.1, 0.15) is 0 Å². The van der Waals surface area contributed by atoms with E-state index in [1.165, 1.54) is 12.6 Å². The molecule has 2 fully saturated rings. The summed E-state index contributed by atoms with van der Waals surface area (Å²) in [5.41, 5.74) is 0.844. The predicted molar refractivity (Wildman–Crippen MR) is 57.6 cm³/mol. The van der Waals surface area contributed by atoms with Crippen molar-refractivity contribution < 1.29 is 8.78 Å². The Hall–Kier alpha value is -1.19. The molecule has 2 nitrogen and oxygen atoms in total. The molecular formula is C12H14F2N2. The molecule has 4 heteroatoms. The van der Waals surface area contributed by atoms with Crippen LogP contribution >= 0.6 is 0 Å². The fraction of sp³-hybridized carbons (Fsp3) is 0.583. The summed E-state index contributed by atoms with van der Waals surface area (Å²) in [6.45, 7) is 2.92. The molecule has 0 bridgehead atoms. The highest BCUT2D eigenvalue weighted by Gasteiger charge is 2.45. The molecule has 1 aromatic rings. The first-order valence-electron chi connectivity index (χ1n) is 5.62. The molecule has 1 aliphatic heterocycles. The summed E-state index contributed by atoms with van der Waals surface area (Å²) < 4.78 is 26.3. The maximum absolute atomic E-state index is 13.1. The molecule has 1 aliphatic carbocycles. The van der Waals surface area contributed by atoms with Crippen LogP contribution in [-0.4, -0.2) is 18.1 Å². The molecule has 0 radical (unpaired) electrons. The summed E-state index contributed by atoms with van der Waals surface area (Å²) in [7, 11) is 0. The van der Waals surface area contributed by atoms with E-state index < -0.39 is 5.92 Å². The van der Waals surface area contributed by atoms with E-state index in [1.54, 1.807) is 12.3 Å². The molecule has 16 heavy (non-hydrogen) atoms. The summed E-state index contributed by atoms with van der Waals surface area (Å²) in [5, 5.41) is 0. The third kappa shape index (κ3) is 1.66. The van der Waals surface area contributed by atoms with Gasteiger partial charge in [0.25, 0.3) is 5.92 Å². The van der Waals surface area contributed by atoms with E-state index in [4.69, 9.17) is 0 Å². The minimum atomic E-state index is -2.80. The number of aromatic nitrogens is 1. The molecular weight excluding hydrogens is 210 g/mol. The van der Waals surface area contributed by atoms with Gasteiger partial charge in [-0.05, 0) is 24.3 Å². The van der Waals surface area contributed by atoms with Gasteiger partial charge in [0.15, 0.2) is 0 Å². The van der Waals surface area contributed by atoms with Crippen molar-refractivity contribution in [3.05, 3.63) is 24.0 Å². The lowest BCUT2D eigenvalue weighted by atomic mass is 10.1. The first-order chi connectivity index (χ1) is 7.54. The number of anilines is 1. The van der Waals surface area contributed by atoms with Crippen molar-refractivity contribution >= 4 is 5.69 Å². The van der Waals surface area contributed by atoms with Gasteiger partial charge in [-0.15, -0.1) is 0 Å². The van der Waals surface area contributed by atoms with Crippen LogP contribution in [0.3, 0.4) is 0 Å². The smallest absolute Gasteiger partial charge is 0.272 e. The highest BCUT2D eigenvalue weighted by Crippen LogP contribution is 2.46. The molecule has 1 saturated carbocycles. The van der Waals surface area contributed by atoms with Crippen LogP contribution in [0.15, 0.2) is 18.5 Å². The number of nitrogens with zero attached hydrogens (tertiary/aromatic N) is 2. The number of fused-ring (bicyclic) bond motifs is 1. The first kappa shape index (κ1) is 10.00. The maximum atomic E-state index is 13.1. The van der Waals surface area contributed by atoms with Crippen LogP contribution in [0.2, 0.25) is 0 Å². The van der Waals surface area contributed by atoms with Gasteiger partial charge in [-0.1, -0.05) is 0 Å². The molecule has 1 aromatic heterocycles. The molecule has 2 heterocycles. The van der Waals surface area contributed by atoms with E-state index in [9.17, 15) is 8.78 Å². The Bertz CT molecular complexity index is 404. The fourth-order valence-electron chi connectivity index (χ4n) is 2.45. The lowest BCUT2D eigenvalue weighted by Crippen LogP contribution is -2.22. The number of rotatable bonds is 2. The Kier molecular flexibility index (Phi) is 1.97. The van der Waals surface area contributed by atoms with Crippen molar-refractivity contribution in [2.75, 3.05) is 18.0 Å². The van der Waals surface area contributed by atoms with Crippen LogP contribution in [0.25, 0.3) is 0 Å². The van der Waals surface area contributed by atoms with Gasteiger partial charge in [-0.3, -0.25) is 4.98 Å². The zero-order chi connectivity index (χ0) is 11.3. The number of halogens is 2.